The van der Waals surface area contributed by atoms with Crippen LogP contribution in [0.4, 0.5) is 0 Å². The summed E-state index contributed by atoms with van der Waals surface area (Å²) in [5, 5.41) is 6.94. The van der Waals surface area contributed by atoms with Crippen molar-refractivity contribution in [3.05, 3.63) is 29.3 Å². The van der Waals surface area contributed by atoms with Crippen molar-refractivity contribution in [3.63, 3.8) is 0 Å². The maximum atomic E-state index is 11.8. The third-order valence-corrected chi connectivity index (χ3v) is 7.63. The number of morpholine rings is 1. The number of sulfone groups is 1. The van der Waals surface area contributed by atoms with E-state index in [9.17, 15) is 8.42 Å². The first-order chi connectivity index (χ1) is 14.3. The number of rotatable bonds is 6. The lowest BCUT2D eigenvalue weighted by Crippen LogP contribution is -2.60. The summed E-state index contributed by atoms with van der Waals surface area (Å²) in [5.74, 6) is 0.776. The van der Waals surface area contributed by atoms with Crippen LogP contribution in [0.2, 0.25) is 0 Å². The van der Waals surface area contributed by atoms with Crippen LogP contribution in [0.15, 0.2) is 28.1 Å². The molecule has 1 heterocycles. The monoisotopic (exact) mass is 564 g/mol. The van der Waals surface area contributed by atoms with E-state index in [2.05, 4.69) is 20.5 Å². The number of aliphatic imine (C=N–C) groups is 1. The van der Waals surface area contributed by atoms with Gasteiger partial charge in [-0.3, -0.25) is 9.89 Å². The predicted molar refractivity (Wildman–Crippen MR) is 136 cm³/mol. The number of hydrogen-bond donors (Lipinski definition) is 2. The fraction of sp³-hybridized carbons (Fsp3) is 0.682. The van der Waals surface area contributed by atoms with Crippen molar-refractivity contribution in [1.29, 1.82) is 0 Å². The summed E-state index contributed by atoms with van der Waals surface area (Å²) in [6.07, 6.45) is 7.54. The fourth-order valence-corrected chi connectivity index (χ4v) is 5.70. The number of nitrogens with one attached hydrogen (secondary N) is 2. The van der Waals surface area contributed by atoms with Crippen molar-refractivity contribution in [2.24, 2.45) is 4.99 Å². The lowest BCUT2D eigenvalue weighted by atomic mass is 9.80. The van der Waals surface area contributed by atoms with Gasteiger partial charge in [-0.25, -0.2) is 8.42 Å². The maximum Gasteiger partial charge on any atom is 0.191 e. The van der Waals surface area contributed by atoms with Crippen LogP contribution in [0.1, 0.15) is 43.2 Å². The average molecular weight is 565 g/mol. The first kappa shape index (κ1) is 26.3. The summed E-state index contributed by atoms with van der Waals surface area (Å²) in [6, 6.07) is 5.47. The molecular formula is C22H37IN4O3S. The van der Waals surface area contributed by atoms with Crippen LogP contribution in [0.25, 0.3) is 0 Å². The third-order valence-electron chi connectivity index (χ3n) is 6.37. The SMILES string of the molecule is CN=C(NCc1ccc(S(C)(=O)=O)c(C)c1)NCC1(N2CCOCC2)CCCCC1.I. The van der Waals surface area contributed by atoms with E-state index in [-0.39, 0.29) is 29.5 Å². The molecule has 1 aliphatic heterocycles. The second-order valence-electron chi connectivity index (χ2n) is 8.54. The minimum Gasteiger partial charge on any atom is -0.379 e. The molecule has 0 unspecified atom stereocenters. The van der Waals surface area contributed by atoms with Crippen molar-refractivity contribution in [2.45, 2.75) is 56.0 Å². The highest BCUT2D eigenvalue weighted by atomic mass is 127. The Hall–Kier alpha value is -0.910. The topological polar surface area (TPSA) is 83.0 Å². The zero-order valence-electron chi connectivity index (χ0n) is 18.9. The van der Waals surface area contributed by atoms with Crippen molar-refractivity contribution in [1.82, 2.24) is 15.5 Å². The van der Waals surface area contributed by atoms with Crippen molar-refractivity contribution >= 4 is 39.8 Å². The summed E-state index contributed by atoms with van der Waals surface area (Å²) in [6.45, 7) is 6.93. The molecule has 1 aliphatic carbocycles. The second-order valence-corrected chi connectivity index (χ2v) is 10.5. The van der Waals surface area contributed by atoms with Gasteiger partial charge in [-0.2, -0.15) is 0 Å². The summed E-state index contributed by atoms with van der Waals surface area (Å²) in [7, 11) is -1.41. The molecule has 1 aromatic carbocycles. The Labute approximate surface area is 204 Å². The molecule has 0 atom stereocenters. The van der Waals surface area contributed by atoms with Gasteiger partial charge in [0.05, 0.1) is 18.1 Å². The molecule has 0 spiro atoms. The molecule has 31 heavy (non-hydrogen) atoms. The van der Waals surface area contributed by atoms with Crippen LogP contribution < -0.4 is 10.6 Å². The van der Waals surface area contributed by atoms with Crippen LogP contribution in [0.3, 0.4) is 0 Å². The van der Waals surface area contributed by atoms with Gasteiger partial charge >= 0.3 is 0 Å². The van der Waals surface area contributed by atoms with E-state index in [1.807, 2.05) is 19.1 Å². The van der Waals surface area contributed by atoms with Crippen LogP contribution in [0.5, 0.6) is 0 Å². The fourth-order valence-electron chi connectivity index (χ4n) is 4.74. The first-order valence-corrected chi connectivity index (χ1v) is 12.8. The van der Waals surface area contributed by atoms with E-state index in [0.717, 1.165) is 49.9 Å². The molecule has 176 valence electrons. The standard InChI is InChI=1S/C22H36N4O3S.HI/c1-18-15-19(7-8-20(18)30(3,27)28)16-24-21(23-2)25-17-22(9-5-4-6-10-22)26-11-13-29-14-12-26;/h7-8,15H,4-6,9-14,16-17H2,1-3H3,(H2,23,24,25);1H. The normalized spacial score (nSPS) is 20.0. The molecule has 0 bridgehead atoms. The smallest absolute Gasteiger partial charge is 0.191 e. The number of guanidine groups is 1. The predicted octanol–water partition coefficient (Wildman–Crippen LogP) is 2.72. The number of nitrogens with zero attached hydrogens (tertiary/aromatic N) is 2. The summed E-state index contributed by atoms with van der Waals surface area (Å²) in [5.41, 5.74) is 1.98. The zero-order chi connectivity index (χ0) is 21.6. The zero-order valence-corrected chi connectivity index (χ0v) is 22.1. The highest BCUT2D eigenvalue weighted by Gasteiger charge is 2.38. The second kappa shape index (κ2) is 11.8. The summed E-state index contributed by atoms with van der Waals surface area (Å²) >= 11 is 0. The minimum absolute atomic E-state index is 0. The van der Waals surface area contributed by atoms with Gasteiger partial charge in [-0.1, -0.05) is 31.4 Å². The lowest BCUT2D eigenvalue weighted by Gasteiger charge is -2.48. The Kier molecular flexibility index (Phi) is 10.0. The van der Waals surface area contributed by atoms with E-state index >= 15 is 0 Å². The molecule has 0 amide bonds. The van der Waals surface area contributed by atoms with Crippen LogP contribution >= 0.6 is 24.0 Å². The maximum absolute atomic E-state index is 11.8. The largest absolute Gasteiger partial charge is 0.379 e. The number of halogens is 1. The lowest BCUT2D eigenvalue weighted by molar-refractivity contribution is -0.0352. The average Bonchev–Trinajstić information content (AvgIpc) is 2.74. The van der Waals surface area contributed by atoms with Gasteiger partial charge in [0.15, 0.2) is 15.8 Å². The van der Waals surface area contributed by atoms with Gasteiger partial charge < -0.3 is 15.4 Å². The van der Waals surface area contributed by atoms with Crippen LogP contribution in [-0.4, -0.2) is 71.0 Å². The number of benzene rings is 1. The van der Waals surface area contributed by atoms with Crippen LogP contribution in [0, 0.1) is 6.92 Å². The third kappa shape index (κ3) is 7.03. The molecule has 2 N–H and O–H groups in total. The molecule has 7 nitrogen and oxygen atoms in total. The van der Waals surface area contributed by atoms with Crippen molar-refractivity contribution in [2.75, 3.05) is 46.2 Å². The van der Waals surface area contributed by atoms with E-state index in [4.69, 9.17) is 4.74 Å². The Morgan fingerprint density at radius 1 is 1.16 bits per heavy atom. The Bertz CT molecular complexity index is 848. The summed E-state index contributed by atoms with van der Waals surface area (Å²) < 4.78 is 29.2. The van der Waals surface area contributed by atoms with Gasteiger partial charge in [0.2, 0.25) is 0 Å². The molecule has 3 rings (SSSR count). The van der Waals surface area contributed by atoms with Crippen LogP contribution in [-0.2, 0) is 21.1 Å². The van der Waals surface area contributed by atoms with E-state index in [1.165, 1.54) is 38.4 Å². The quantitative estimate of drug-likeness (QED) is 0.314. The Balaban J connectivity index is 0.00000341. The molecule has 2 aliphatic rings. The van der Waals surface area contributed by atoms with Gasteiger partial charge in [0.1, 0.15) is 0 Å². The van der Waals surface area contributed by atoms with Gasteiger partial charge in [0.25, 0.3) is 0 Å². The van der Waals surface area contributed by atoms with Gasteiger partial charge in [0, 0.05) is 45.0 Å². The molecular weight excluding hydrogens is 527 g/mol. The van der Waals surface area contributed by atoms with Crippen molar-refractivity contribution in [3.8, 4) is 0 Å². The molecule has 9 heteroatoms. The molecule has 0 aromatic heterocycles. The van der Waals surface area contributed by atoms with Gasteiger partial charge in [-0.15, -0.1) is 24.0 Å². The number of hydrogen-bond acceptors (Lipinski definition) is 5. The van der Waals surface area contributed by atoms with E-state index in [1.54, 1.807) is 13.1 Å². The molecule has 1 saturated carbocycles. The Morgan fingerprint density at radius 3 is 2.42 bits per heavy atom. The Morgan fingerprint density at radius 2 is 1.84 bits per heavy atom. The minimum atomic E-state index is -3.19. The molecule has 0 radical (unpaired) electrons. The van der Waals surface area contributed by atoms with E-state index in [0.29, 0.717) is 11.4 Å². The highest BCUT2D eigenvalue weighted by Crippen LogP contribution is 2.33. The van der Waals surface area contributed by atoms with E-state index < -0.39 is 9.84 Å². The van der Waals surface area contributed by atoms with Crippen molar-refractivity contribution < 1.29 is 13.2 Å². The number of aryl methyl sites for hydroxylation is 1. The van der Waals surface area contributed by atoms with Gasteiger partial charge in [-0.05, 0) is 37.0 Å². The summed E-state index contributed by atoms with van der Waals surface area (Å²) in [4.78, 5) is 7.40. The molecule has 2 fully saturated rings. The first-order valence-electron chi connectivity index (χ1n) is 10.9. The molecule has 1 aromatic rings. The molecule has 1 saturated heterocycles. The number of ether oxygens (including phenoxy) is 1. The highest BCUT2D eigenvalue weighted by molar-refractivity contribution is 14.0.